The van der Waals surface area contributed by atoms with Gasteiger partial charge in [-0.05, 0) is 26.2 Å². The minimum atomic E-state index is -2.60. The summed E-state index contributed by atoms with van der Waals surface area (Å²) in [5, 5.41) is 2.86. The van der Waals surface area contributed by atoms with Crippen LogP contribution in [0.15, 0.2) is 0 Å². The summed E-state index contributed by atoms with van der Waals surface area (Å²) < 4.78 is 31.5. The van der Waals surface area contributed by atoms with Crippen LogP contribution in [-0.4, -0.2) is 36.6 Å². The molecule has 0 heterocycles. The molecule has 0 saturated heterocycles. The molecule has 2 aliphatic rings. The van der Waals surface area contributed by atoms with E-state index in [1.54, 1.807) is 0 Å². The Morgan fingerprint density at radius 3 is 2.58 bits per heavy atom. The summed E-state index contributed by atoms with van der Waals surface area (Å²) in [6.45, 7) is 2.48. The van der Waals surface area contributed by atoms with E-state index < -0.39 is 5.92 Å². The molecule has 3 N–H and O–H groups in total. The highest BCUT2D eigenvalue weighted by atomic mass is 19.3. The van der Waals surface area contributed by atoms with Crippen LogP contribution in [0, 0.1) is 5.92 Å². The fraction of sp³-hybridized carbons (Fsp3) is 0.923. The van der Waals surface area contributed by atoms with E-state index in [1.165, 1.54) is 0 Å². The highest BCUT2D eigenvalue weighted by Crippen LogP contribution is 2.36. The summed E-state index contributed by atoms with van der Waals surface area (Å²) in [6.07, 6.45) is 0.809. The van der Waals surface area contributed by atoms with Gasteiger partial charge >= 0.3 is 0 Å². The van der Waals surface area contributed by atoms with Gasteiger partial charge in [0.25, 0.3) is 0 Å². The van der Waals surface area contributed by atoms with Gasteiger partial charge in [-0.1, -0.05) is 0 Å². The van der Waals surface area contributed by atoms with E-state index in [9.17, 15) is 13.6 Å². The number of nitrogens with one attached hydrogen (secondary N) is 1. The van der Waals surface area contributed by atoms with Crippen LogP contribution < -0.4 is 11.1 Å². The van der Waals surface area contributed by atoms with Gasteiger partial charge in [0.05, 0.1) is 12.1 Å². The molecule has 0 radical (unpaired) electrons. The van der Waals surface area contributed by atoms with Crippen LogP contribution >= 0.6 is 0 Å². The number of ether oxygens (including phenoxy) is 1. The predicted molar refractivity (Wildman–Crippen MR) is 66.8 cm³/mol. The number of hydrogen-bond donors (Lipinski definition) is 2. The van der Waals surface area contributed by atoms with Crippen molar-refractivity contribution in [2.24, 2.45) is 11.7 Å². The fourth-order valence-corrected chi connectivity index (χ4v) is 2.81. The van der Waals surface area contributed by atoms with E-state index in [0.29, 0.717) is 6.61 Å². The van der Waals surface area contributed by atoms with Crippen molar-refractivity contribution in [3.05, 3.63) is 0 Å². The molecule has 0 aromatic rings. The highest BCUT2D eigenvalue weighted by Gasteiger charge is 2.43. The first-order valence-electron chi connectivity index (χ1n) is 6.98. The lowest BCUT2D eigenvalue weighted by molar-refractivity contribution is -0.133. The second kappa shape index (κ2) is 5.71. The Morgan fingerprint density at radius 1 is 1.42 bits per heavy atom. The molecule has 2 rings (SSSR count). The SMILES string of the molecule is CCOC1CC(N)C1NC(=O)C1CCC(F)(F)CC1. The van der Waals surface area contributed by atoms with E-state index in [-0.39, 0.29) is 55.7 Å². The zero-order valence-corrected chi connectivity index (χ0v) is 11.2. The molecule has 1 amide bonds. The Bertz CT molecular complexity index is 327. The van der Waals surface area contributed by atoms with Crippen molar-refractivity contribution in [2.45, 2.75) is 63.1 Å². The van der Waals surface area contributed by atoms with Gasteiger partial charge in [-0.25, -0.2) is 8.78 Å². The van der Waals surface area contributed by atoms with Crippen molar-refractivity contribution >= 4 is 5.91 Å². The van der Waals surface area contributed by atoms with Crippen LogP contribution in [0.1, 0.15) is 39.0 Å². The lowest BCUT2D eigenvalue weighted by Gasteiger charge is -2.43. The van der Waals surface area contributed by atoms with E-state index in [0.717, 1.165) is 6.42 Å². The summed E-state index contributed by atoms with van der Waals surface area (Å²) in [5.41, 5.74) is 5.85. The molecule has 3 atom stereocenters. The van der Waals surface area contributed by atoms with E-state index in [4.69, 9.17) is 10.5 Å². The number of alkyl halides is 2. The maximum atomic E-state index is 13.0. The highest BCUT2D eigenvalue weighted by molar-refractivity contribution is 5.79. The van der Waals surface area contributed by atoms with E-state index >= 15 is 0 Å². The van der Waals surface area contributed by atoms with E-state index in [1.807, 2.05) is 6.92 Å². The van der Waals surface area contributed by atoms with Gasteiger partial charge in [-0.15, -0.1) is 0 Å². The molecule has 0 aromatic carbocycles. The first-order valence-corrected chi connectivity index (χ1v) is 6.98. The van der Waals surface area contributed by atoms with Crippen molar-refractivity contribution in [3.8, 4) is 0 Å². The monoisotopic (exact) mass is 276 g/mol. The Hall–Kier alpha value is -0.750. The Balaban J connectivity index is 1.81. The van der Waals surface area contributed by atoms with Gasteiger partial charge in [0.1, 0.15) is 0 Å². The van der Waals surface area contributed by atoms with Crippen LogP contribution in [-0.2, 0) is 9.53 Å². The van der Waals surface area contributed by atoms with Crippen molar-refractivity contribution in [3.63, 3.8) is 0 Å². The molecular weight excluding hydrogens is 254 g/mol. The molecule has 2 fully saturated rings. The number of halogens is 2. The number of rotatable bonds is 4. The second-order valence-corrected chi connectivity index (χ2v) is 5.56. The third kappa shape index (κ3) is 3.42. The number of carbonyl (C=O) groups excluding carboxylic acids is 1. The molecule has 6 heteroatoms. The molecule has 2 saturated carbocycles. The van der Waals surface area contributed by atoms with Crippen LogP contribution in [0.5, 0.6) is 0 Å². The van der Waals surface area contributed by atoms with Crippen molar-refractivity contribution in [1.82, 2.24) is 5.32 Å². The zero-order chi connectivity index (χ0) is 14.0. The third-order valence-corrected chi connectivity index (χ3v) is 4.14. The Morgan fingerprint density at radius 2 is 2.05 bits per heavy atom. The minimum Gasteiger partial charge on any atom is -0.376 e. The lowest BCUT2D eigenvalue weighted by Crippen LogP contribution is -2.65. The first-order chi connectivity index (χ1) is 8.93. The summed E-state index contributed by atoms with van der Waals surface area (Å²) in [4.78, 5) is 12.0. The molecular formula is C13H22F2N2O2. The summed E-state index contributed by atoms with van der Waals surface area (Å²) in [6, 6.07) is -0.264. The second-order valence-electron chi connectivity index (χ2n) is 5.56. The molecule has 0 spiro atoms. The number of hydrogen-bond acceptors (Lipinski definition) is 3. The molecule has 4 nitrogen and oxygen atoms in total. The van der Waals surface area contributed by atoms with Crippen LogP contribution in [0.3, 0.4) is 0 Å². The number of nitrogens with two attached hydrogens (primary N) is 1. The summed E-state index contributed by atoms with van der Waals surface area (Å²) in [7, 11) is 0. The predicted octanol–water partition coefficient (Wildman–Crippen LogP) is 1.43. The molecule has 0 bridgehead atoms. The largest absolute Gasteiger partial charge is 0.376 e. The van der Waals surface area contributed by atoms with Gasteiger partial charge in [-0.3, -0.25) is 4.79 Å². The lowest BCUT2D eigenvalue weighted by atomic mass is 9.81. The number of carbonyl (C=O) groups is 1. The smallest absolute Gasteiger partial charge is 0.248 e. The molecule has 0 aliphatic heterocycles. The zero-order valence-electron chi connectivity index (χ0n) is 11.2. The average Bonchev–Trinajstić information content (AvgIpc) is 2.35. The molecule has 3 unspecified atom stereocenters. The average molecular weight is 276 g/mol. The Labute approximate surface area is 112 Å². The molecule has 110 valence electrons. The molecule has 19 heavy (non-hydrogen) atoms. The number of amides is 1. The Kier molecular flexibility index (Phi) is 4.40. The van der Waals surface area contributed by atoms with Crippen molar-refractivity contribution in [1.29, 1.82) is 0 Å². The quantitative estimate of drug-likeness (QED) is 0.816. The van der Waals surface area contributed by atoms with Crippen molar-refractivity contribution < 1.29 is 18.3 Å². The summed E-state index contributed by atoms with van der Waals surface area (Å²) in [5.74, 6) is -3.06. The molecule has 0 aromatic heterocycles. The standard InChI is InChI=1S/C13H22F2N2O2/c1-2-19-10-7-9(16)11(10)17-12(18)8-3-5-13(14,15)6-4-8/h8-11H,2-7,16H2,1H3,(H,17,18). The maximum Gasteiger partial charge on any atom is 0.248 e. The summed E-state index contributed by atoms with van der Waals surface area (Å²) >= 11 is 0. The molecule has 2 aliphatic carbocycles. The topological polar surface area (TPSA) is 64.3 Å². The fourth-order valence-electron chi connectivity index (χ4n) is 2.81. The van der Waals surface area contributed by atoms with Crippen molar-refractivity contribution in [2.75, 3.05) is 6.61 Å². The van der Waals surface area contributed by atoms with E-state index in [2.05, 4.69) is 5.32 Å². The van der Waals surface area contributed by atoms with Gasteiger partial charge in [0, 0.05) is 31.4 Å². The third-order valence-electron chi connectivity index (χ3n) is 4.14. The van der Waals surface area contributed by atoms with Gasteiger partial charge in [0.2, 0.25) is 11.8 Å². The first kappa shape index (κ1) is 14.7. The van der Waals surface area contributed by atoms with Gasteiger partial charge < -0.3 is 15.8 Å². The maximum absolute atomic E-state index is 13.0. The van der Waals surface area contributed by atoms with Crippen LogP contribution in [0.4, 0.5) is 8.78 Å². The van der Waals surface area contributed by atoms with Crippen LogP contribution in [0.25, 0.3) is 0 Å². The minimum absolute atomic E-state index is 0.0334. The van der Waals surface area contributed by atoms with Gasteiger partial charge in [-0.2, -0.15) is 0 Å². The normalized spacial score (nSPS) is 34.6. The van der Waals surface area contributed by atoms with Gasteiger partial charge in [0.15, 0.2) is 0 Å². The van der Waals surface area contributed by atoms with Crippen LogP contribution in [0.2, 0.25) is 0 Å².